The molecule has 0 saturated carbocycles. The lowest BCUT2D eigenvalue weighted by Gasteiger charge is -2.29. The number of alkyl halides is 6. The van der Waals surface area contributed by atoms with Crippen molar-refractivity contribution in [1.82, 2.24) is 4.90 Å². The molecule has 1 aliphatic heterocycles. The van der Waals surface area contributed by atoms with Gasteiger partial charge in [-0.2, -0.15) is 22.5 Å². The van der Waals surface area contributed by atoms with E-state index < -0.39 is 34.9 Å². The molecule has 1 aliphatic rings. The zero-order valence-electron chi connectivity index (χ0n) is 9.13. The van der Waals surface area contributed by atoms with E-state index in [0.29, 0.717) is 0 Å². The topological polar surface area (TPSA) is 3.24 Å². The zero-order valence-corrected chi connectivity index (χ0v) is 9.13. The Labute approximate surface area is 89.4 Å². The Morgan fingerprint density at radius 2 is 1.12 bits per heavy atom. The fraction of sp³-hybridized carbons (Fsp3) is 1.00. The molecule has 0 bridgehead atoms. The van der Waals surface area contributed by atoms with Crippen LogP contribution < -0.4 is 0 Å². The molecule has 96 valence electrons. The molecule has 1 nitrogen and oxygen atoms in total. The summed E-state index contributed by atoms with van der Waals surface area (Å²) in [4.78, 5) is -0.694. The zero-order chi connectivity index (χ0) is 13.0. The summed E-state index contributed by atoms with van der Waals surface area (Å²) in [5, 5.41) is 0. The van der Waals surface area contributed by atoms with Crippen LogP contribution in [0.1, 0.15) is 27.2 Å². The lowest BCUT2D eigenvalue weighted by atomic mass is 9.90. The molecule has 0 aromatic rings. The highest BCUT2D eigenvalue weighted by molar-refractivity contribution is 5.17. The Morgan fingerprint density at radius 1 is 0.812 bits per heavy atom. The summed E-state index contributed by atoms with van der Waals surface area (Å²) in [7, 11) is 0. The highest BCUT2D eigenvalue weighted by Gasteiger charge is 2.85. The molecule has 1 saturated heterocycles. The first-order chi connectivity index (χ1) is 6.94. The van der Waals surface area contributed by atoms with Crippen molar-refractivity contribution in [3.63, 3.8) is 0 Å². The molecular weight excluding hydrogens is 236 g/mol. The third kappa shape index (κ3) is 1.23. The highest BCUT2D eigenvalue weighted by Crippen LogP contribution is 2.60. The number of nitrogens with zero attached hydrogens (tertiary/aromatic N) is 1. The fourth-order valence-electron chi connectivity index (χ4n) is 1.75. The Morgan fingerprint density at radius 3 is 1.38 bits per heavy atom. The molecule has 0 aromatic carbocycles. The van der Waals surface area contributed by atoms with Crippen LogP contribution in [0.3, 0.4) is 0 Å². The number of likely N-dealkylation sites (tertiary alicyclic amines) is 1. The first kappa shape index (κ1) is 13.6. The van der Waals surface area contributed by atoms with E-state index in [-0.39, 0.29) is 20.3 Å². The van der Waals surface area contributed by atoms with Crippen LogP contribution in [0.15, 0.2) is 0 Å². The van der Waals surface area contributed by atoms with Gasteiger partial charge < -0.3 is 0 Å². The summed E-state index contributed by atoms with van der Waals surface area (Å²) in [6, 6.07) is -9.06. The van der Waals surface area contributed by atoms with E-state index in [2.05, 4.69) is 0 Å². The molecule has 2 unspecified atom stereocenters. The Bertz CT molecular complexity index is 260. The quantitative estimate of drug-likeness (QED) is 0.536. The van der Waals surface area contributed by atoms with E-state index in [1.165, 1.54) is 6.92 Å². The molecule has 0 radical (unpaired) electrons. The van der Waals surface area contributed by atoms with Crippen LogP contribution in [0, 0.1) is 0 Å². The van der Waals surface area contributed by atoms with Gasteiger partial charge in [0.1, 0.15) is 0 Å². The maximum Gasteiger partial charge on any atom is 0.346 e. The van der Waals surface area contributed by atoms with Crippen molar-refractivity contribution in [3.8, 4) is 0 Å². The fourth-order valence-corrected chi connectivity index (χ4v) is 1.75. The van der Waals surface area contributed by atoms with Gasteiger partial charge in [0, 0.05) is 6.54 Å². The van der Waals surface area contributed by atoms with Gasteiger partial charge in [0.25, 0.3) is 0 Å². The van der Waals surface area contributed by atoms with Crippen molar-refractivity contribution in [2.45, 2.75) is 50.6 Å². The summed E-state index contributed by atoms with van der Waals surface area (Å²) in [6.07, 6.45) is -0.0582. The minimum absolute atomic E-state index is 0.0582. The lowest BCUT2D eigenvalue weighted by molar-refractivity contribution is -0.253. The van der Waals surface area contributed by atoms with Gasteiger partial charge in [0.05, 0.1) is 0 Å². The van der Waals surface area contributed by atoms with Gasteiger partial charge >= 0.3 is 12.1 Å². The summed E-state index contributed by atoms with van der Waals surface area (Å²) < 4.78 is 80.8. The molecule has 1 rings (SSSR count). The first-order valence-corrected chi connectivity index (χ1v) is 4.85. The molecule has 0 N–H and O–H groups in total. The smallest absolute Gasteiger partial charge is 0.232 e. The second-order valence-corrected chi connectivity index (χ2v) is 4.24. The molecule has 0 aromatic heterocycles. The van der Waals surface area contributed by atoms with Crippen LogP contribution in [-0.2, 0) is 0 Å². The lowest BCUT2D eigenvalue weighted by Crippen LogP contribution is -2.53. The summed E-state index contributed by atoms with van der Waals surface area (Å²) in [5.41, 5.74) is -7.86. The van der Waals surface area contributed by atoms with E-state index in [0.717, 1.165) is 0 Å². The monoisotopic (exact) mass is 249 g/mol. The summed E-state index contributed by atoms with van der Waals surface area (Å²) >= 11 is 0. The van der Waals surface area contributed by atoms with Crippen molar-refractivity contribution in [2.75, 3.05) is 6.54 Å². The number of rotatable bonds is 2. The van der Waals surface area contributed by atoms with Gasteiger partial charge in [-0.25, -0.2) is 8.78 Å². The number of halogens is 6. The highest BCUT2D eigenvalue weighted by atomic mass is 19.3. The van der Waals surface area contributed by atoms with Crippen molar-refractivity contribution in [1.29, 1.82) is 0 Å². The van der Waals surface area contributed by atoms with Crippen LogP contribution in [-0.4, -0.2) is 34.9 Å². The summed E-state index contributed by atoms with van der Waals surface area (Å²) in [6.45, 7) is 0.918. The standard InChI is InChI=1S/C9H13F6N/c1-4-5-16-8(12,13)6(2,10)7(3,11)9(16,14)15/h4-5H2,1-3H3. The van der Waals surface area contributed by atoms with Crippen LogP contribution >= 0.6 is 0 Å². The maximum absolute atomic E-state index is 13.6. The van der Waals surface area contributed by atoms with E-state index >= 15 is 0 Å². The van der Waals surface area contributed by atoms with Crippen LogP contribution in [0.4, 0.5) is 26.3 Å². The molecule has 0 spiro atoms. The minimum Gasteiger partial charge on any atom is -0.232 e. The van der Waals surface area contributed by atoms with Crippen molar-refractivity contribution < 1.29 is 26.3 Å². The van der Waals surface area contributed by atoms with Crippen molar-refractivity contribution >= 4 is 0 Å². The molecule has 0 amide bonds. The largest absolute Gasteiger partial charge is 0.346 e. The molecule has 0 aliphatic carbocycles. The van der Waals surface area contributed by atoms with Crippen molar-refractivity contribution in [3.05, 3.63) is 0 Å². The van der Waals surface area contributed by atoms with E-state index in [4.69, 9.17) is 0 Å². The van der Waals surface area contributed by atoms with Crippen LogP contribution in [0.25, 0.3) is 0 Å². The summed E-state index contributed by atoms with van der Waals surface area (Å²) in [5.74, 6) is 0. The minimum atomic E-state index is -4.53. The predicted octanol–water partition coefficient (Wildman–Crippen LogP) is 3.35. The van der Waals surface area contributed by atoms with Gasteiger partial charge in [-0.15, -0.1) is 0 Å². The van der Waals surface area contributed by atoms with E-state index in [1.807, 2.05) is 0 Å². The Hall–Kier alpha value is -0.460. The van der Waals surface area contributed by atoms with Gasteiger partial charge in [-0.05, 0) is 20.3 Å². The molecule has 2 atom stereocenters. The first-order valence-electron chi connectivity index (χ1n) is 4.85. The molecule has 1 heterocycles. The third-order valence-electron chi connectivity index (χ3n) is 3.14. The third-order valence-corrected chi connectivity index (χ3v) is 3.14. The average Bonchev–Trinajstić information content (AvgIpc) is 2.17. The molecule has 1 fully saturated rings. The Balaban J connectivity index is 3.33. The number of hydrogen-bond donors (Lipinski definition) is 0. The van der Waals surface area contributed by atoms with Gasteiger partial charge in [-0.3, -0.25) is 0 Å². The van der Waals surface area contributed by atoms with Crippen LogP contribution in [0.2, 0.25) is 0 Å². The van der Waals surface area contributed by atoms with Gasteiger partial charge in [-0.1, -0.05) is 6.92 Å². The normalized spacial score (nSPS) is 42.6. The number of hydrogen-bond acceptors (Lipinski definition) is 1. The van der Waals surface area contributed by atoms with Crippen molar-refractivity contribution in [2.24, 2.45) is 0 Å². The molecular formula is C9H13F6N. The second kappa shape index (κ2) is 3.27. The van der Waals surface area contributed by atoms with Gasteiger partial charge in [0.15, 0.2) is 0 Å². The second-order valence-electron chi connectivity index (χ2n) is 4.24. The molecule has 16 heavy (non-hydrogen) atoms. The van der Waals surface area contributed by atoms with E-state index in [9.17, 15) is 26.3 Å². The predicted molar refractivity (Wildman–Crippen MR) is 45.9 cm³/mol. The van der Waals surface area contributed by atoms with Crippen LogP contribution in [0.5, 0.6) is 0 Å². The SMILES string of the molecule is CCCN1C(F)(F)C(C)(F)C(C)(F)C1(F)F. The molecule has 7 heteroatoms. The van der Waals surface area contributed by atoms with E-state index in [1.54, 1.807) is 0 Å². The maximum atomic E-state index is 13.6. The average molecular weight is 249 g/mol. The van der Waals surface area contributed by atoms with Gasteiger partial charge in [0.2, 0.25) is 11.3 Å². The Kier molecular flexibility index (Phi) is 2.78.